The van der Waals surface area contributed by atoms with E-state index in [4.69, 9.17) is 29.1 Å². The minimum Gasteiger partial charge on any atom is -0.456 e. The Labute approximate surface area is 355 Å². The first kappa shape index (κ1) is 34.4. The Balaban J connectivity index is 1.04. The maximum absolute atomic E-state index is 6.85. The number of rotatable bonds is 5. The zero-order chi connectivity index (χ0) is 40.7. The van der Waals surface area contributed by atoms with Gasteiger partial charge in [-0.05, 0) is 86.6 Å². The summed E-state index contributed by atoms with van der Waals surface area (Å²) in [5, 5.41) is 8.80. The lowest BCUT2D eigenvalue weighted by Gasteiger charge is -2.21. The zero-order valence-electron chi connectivity index (χ0n) is 33.1. The highest BCUT2D eigenvalue weighted by Crippen LogP contribution is 2.52. The van der Waals surface area contributed by atoms with Crippen molar-refractivity contribution in [3.8, 4) is 79.2 Å². The van der Waals surface area contributed by atoms with Crippen LogP contribution in [0.5, 0.6) is 11.5 Å². The normalized spacial score (nSPS) is 12.0. The van der Waals surface area contributed by atoms with Crippen LogP contribution in [0.4, 0.5) is 0 Å². The first-order chi connectivity index (χ1) is 30.7. The van der Waals surface area contributed by atoms with Gasteiger partial charge in [0.2, 0.25) is 0 Å². The molecule has 0 N–H and O–H groups in total. The number of hydrogen-bond acceptors (Lipinski definition) is 6. The van der Waals surface area contributed by atoms with Crippen LogP contribution in [-0.4, -0.2) is 19.9 Å². The molecule has 0 amide bonds. The number of aromatic nitrogens is 4. The highest BCUT2D eigenvalue weighted by Gasteiger charge is 2.26. The summed E-state index contributed by atoms with van der Waals surface area (Å²) in [6, 6.07) is 64.8. The Hall–Kier alpha value is -8.48. The zero-order valence-corrected chi connectivity index (χ0v) is 33.1. The Morgan fingerprint density at radius 1 is 0.371 bits per heavy atom. The molecule has 13 rings (SSSR count). The standard InChI is InChI=1S/C56H32N4O2/c1-2-18-37-34(14-1)31-44(40-20-4-3-19-39(37)40)56-59-54(58-55(60-56)42-22-6-5-21-41(42)46-25-9-10-29-57-46)36-17-11-15-33(30-36)38-24-13-28-49-51(38)45-32-35-16-12-27-48-50(35)52(53(45)62-49)43-23-7-8-26-47(43)61-48/h1-32H. The van der Waals surface area contributed by atoms with E-state index in [2.05, 4.69) is 140 Å². The van der Waals surface area contributed by atoms with Crippen LogP contribution in [0.1, 0.15) is 0 Å². The molecule has 0 saturated carbocycles. The lowest BCUT2D eigenvalue weighted by molar-refractivity contribution is 0.487. The predicted octanol–water partition coefficient (Wildman–Crippen LogP) is 14.7. The maximum atomic E-state index is 6.85. The van der Waals surface area contributed by atoms with Crippen LogP contribution in [0.15, 0.2) is 199 Å². The van der Waals surface area contributed by atoms with Crippen molar-refractivity contribution < 1.29 is 9.15 Å². The molecule has 288 valence electrons. The molecule has 62 heavy (non-hydrogen) atoms. The predicted molar refractivity (Wildman–Crippen MR) is 250 cm³/mol. The largest absolute Gasteiger partial charge is 0.456 e. The van der Waals surface area contributed by atoms with Crippen molar-refractivity contribution in [3.05, 3.63) is 194 Å². The first-order valence-corrected chi connectivity index (χ1v) is 20.7. The Morgan fingerprint density at radius 2 is 1.03 bits per heavy atom. The third-order valence-electron chi connectivity index (χ3n) is 12.1. The quantitative estimate of drug-likeness (QED) is 0.162. The third-order valence-corrected chi connectivity index (χ3v) is 12.1. The highest BCUT2D eigenvalue weighted by molar-refractivity contribution is 6.23. The molecule has 1 aliphatic rings. The summed E-state index contributed by atoms with van der Waals surface area (Å²) in [5.41, 5.74) is 10.3. The van der Waals surface area contributed by atoms with E-state index in [-0.39, 0.29) is 0 Å². The number of pyridine rings is 1. The molecule has 0 fully saturated rings. The fourth-order valence-electron chi connectivity index (χ4n) is 9.40. The van der Waals surface area contributed by atoms with Crippen LogP contribution in [0.2, 0.25) is 0 Å². The van der Waals surface area contributed by atoms with Gasteiger partial charge in [-0.2, -0.15) is 0 Å². The van der Waals surface area contributed by atoms with E-state index in [0.29, 0.717) is 17.5 Å². The molecule has 9 aromatic carbocycles. The molecule has 0 radical (unpaired) electrons. The Morgan fingerprint density at radius 3 is 1.92 bits per heavy atom. The van der Waals surface area contributed by atoms with E-state index in [1.165, 1.54) is 5.39 Å². The Bertz CT molecular complexity index is 3800. The van der Waals surface area contributed by atoms with Gasteiger partial charge in [0.1, 0.15) is 22.7 Å². The molecule has 0 bridgehead atoms. The van der Waals surface area contributed by atoms with Crippen LogP contribution in [0.25, 0.3) is 122 Å². The van der Waals surface area contributed by atoms with Crippen LogP contribution in [0.3, 0.4) is 0 Å². The molecule has 0 atom stereocenters. The number of benzene rings is 9. The molecule has 6 heteroatoms. The fourth-order valence-corrected chi connectivity index (χ4v) is 9.40. The lowest BCUT2D eigenvalue weighted by Crippen LogP contribution is -2.02. The van der Waals surface area contributed by atoms with Crippen molar-refractivity contribution in [2.24, 2.45) is 0 Å². The third kappa shape index (κ3) is 5.30. The van der Waals surface area contributed by atoms with Gasteiger partial charge in [0.25, 0.3) is 0 Å². The molecule has 0 aliphatic carbocycles. The van der Waals surface area contributed by atoms with E-state index in [9.17, 15) is 0 Å². The molecule has 0 saturated heterocycles. The number of nitrogens with zero attached hydrogens (tertiary/aromatic N) is 4. The SMILES string of the molecule is c1ccc(-c2ccccc2-c2nc(-c3cccc(-c4cccc5oc6c7c8c(cccc8cc6c45)Oc4ccccc4-7)c3)nc(-c3cc4ccccc4c4ccccc34)n2)nc1. The number of para-hydroxylation sites is 1. The monoisotopic (exact) mass is 792 g/mol. The van der Waals surface area contributed by atoms with Gasteiger partial charge in [0.05, 0.1) is 5.69 Å². The van der Waals surface area contributed by atoms with Gasteiger partial charge in [-0.15, -0.1) is 0 Å². The van der Waals surface area contributed by atoms with Crippen molar-refractivity contribution in [1.82, 2.24) is 19.9 Å². The summed E-state index contributed by atoms with van der Waals surface area (Å²) in [6.07, 6.45) is 1.82. The molecule has 0 unspecified atom stereocenters. The average Bonchev–Trinajstić information content (AvgIpc) is 3.72. The van der Waals surface area contributed by atoms with Crippen molar-refractivity contribution >= 4 is 54.3 Å². The van der Waals surface area contributed by atoms with Crippen molar-refractivity contribution in [1.29, 1.82) is 0 Å². The van der Waals surface area contributed by atoms with Gasteiger partial charge < -0.3 is 9.15 Å². The molecule has 3 aromatic heterocycles. The van der Waals surface area contributed by atoms with Crippen molar-refractivity contribution in [2.45, 2.75) is 0 Å². The van der Waals surface area contributed by atoms with Crippen molar-refractivity contribution in [2.75, 3.05) is 0 Å². The molecule has 4 heterocycles. The molecule has 0 spiro atoms. The summed E-state index contributed by atoms with van der Waals surface area (Å²) < 4.78 is 13.3. The van der Waals surface area contributed by atoms with Gasteiger partial charge in [-0.25, -0.2) is 15.0 Å². The number of ether oxygens (including phenoxy) is 1. The van der Waals surface area contributed by atoms with E-state index >= 15 is 0 Å². The van der Waals surface area contributed by atoms with Gasteiger partial charge >= 0.3 is 0 Å². The highest BCUT2D eigenvalue weighted by atomic mass is 16.5. The van der Waals surface area contributed by atoms with Crippen LogP contribution in [0, 0.1) is 0 Å². The minimum absolute atomic E-state index is 0.571. The second-order valence-electron chi connectivity index (χ2n) is 15.7. The Kier molecular flexibility index (Phi) is 7.50. The minimum atomic E-state index is 0.571. The number of furan rings is 1. The number of fused-ring (bicyclic) bond motifs is 9. The molecular weight excluding hydrogens is 761 g/mol. The molecule has 12 aromatic rings. The summed E-state index contributed by atoms with van der Waals surface area (Å²) in [4.78, 5) is 20.6. The average molecular weight is 793 g/mol. The summed E-state index contributed by atoms with van der Waals surface area (Å²) in [5.74, 6) is 3.40. The summed E-state index contributed by atoms with van der Waals surface area (Å²) >= 11 is 0. The van der Waals surface area contributed by atoms with Crippen molar-refractivity contribution in [3.63, 3.8) is 0 Å². The van der Waals surface area contributed by atoms with E-state index in [0.717, 1.165) is 111 Å². The second kappa shape index (κ2) is 13.5. The fraction of sp³-hybridized carbons (Fsp3) is 0. The van der Waals surface area contributed by atoms with Gasteiger partial charge in [0.15, 0.2) is 17.5 Å². The molecule has 6 nitrogen and oxygen atoms in total. The maximum Gasteiger partial charge on any atom is 0.164 e. The summed E-state index contributed by atoms with van der Waals surface area (Å²) in [7, 11) is 0. The van der Waals surface area contributed by atoms with E-state index in [1.807, 2.05) is 54.7 Å². The van der Waals surface area contributed by atoms with Gasteiger partial charge in [-0.3, -0.25) is 4.98 Å². The van der Waals surface area contributed by atoms with Gasteiger partial charge in [0, 0.05) is 55.7 Å². The summed E-state index contributed by atoms with van der Waals surface area (Å²) in [6.45, 7) is 0. The molecule has 1 aliphatic heterocycles. The van der Waals surface area contributed by atoms with E-state index in [1.54, 1.807) is 0 Å². The topological polar surface area (TPSA) is 73.9 Å². The first-order valence-electron chi connectivity index (χ1n) is 20.7. The molecular formula is C56H32N4O2. The second-order valence-corrected chi connectivity index (χ2v) is 15.7. The van der Waals surface area contributed by atoms with Crippen LogP contribution in [-0.2, 0) is 0 Å². The number of hydrogen-bond donors (Lipinski definition) is 0. The van der Waals surface area contributed by atoms with Crippen LogP contribution < -0.4 is 4.74 Å². The van der Waals surface area contributed by atoms with Gasteiger partial charge in [-0.1, -0.05) is 140 Å². The smallest absolute Gasteiger partial charge is 0.164 e. The van der Waals surface area contributed by atoms with E-state index < -0.39 is 0 Å². The lowest BCUT2D eigenvalue weighted by atomic mass is 9.91. The van der Waals surface area contributed by atoms with Crippen LogP contribution >= 0.6 is 0 Å².